The van der Waals surface area contributed by atoms with Crippen molar-refractivity contribution >= 4 is 45.2 Å². The van der Waals surface area contributed by atoms with Crippen LogP contribution in [-0.2, 0) is 19.2 Å². The van der Waals surface area contributed by atoms with Crippen LogP contribution in [0.4, 0.5) is 0 Å². The van der Waals surface area contributed by atoms with Crippen molar-refractivity contribution in [2.24, 2.45) is 11.5 Å². The molecule has 8 nitrogen and oxygen atoms in total. The van der Waals surface area contributed by atoms with Crippen LogP contribution < -0.4 is 22.1 Å². The quantitative estimate of drug-likeness (QED) is 0.260. The SMILES string of the molecule is CCCC(=O)N[C@@H](CSSC[C@H](NC(=O)CCC)C(N)=O)C(N)=O. The summed E-state index contributed by atoms with van der Waals surface area (Å²) in [5.74, 6) is -1.15. The first kappa shape index (κ1) is 22.6. The third kappa shape index (κ3) is 10.4. The molecule has 0 spiro atoms. The highest BCUT2D eigenvalue weighted by atomic mass is 33.1. The zero-order valence-corrected chi connectivity index (χ0v) is 15.6. The summed E-state index contributed by atoms with van der Waals surface area (Å²) >= 11 is 0. The number of hydrogen-bond donors (Lipinski definition) is 4. The number of carbonyl (C=O) groups excluding carboxylic acids is 4. The lowest BCUT2D eigenvalue weighted by molar-refractivity contribution is -0.126. The molecule has 0 aliphatic heterocycles. The van der Waals surface area contributed by atoms with Crippen LogP contribution in [-0.4, -0.2) is 47.2 Å². The Bertz CT molecular complexity index is 408. The molecule has 2 atom stereocenters. The molecule has 0 saturated heterocycles. The van der Waals surface area contributed by atoms with E-state index in [1.165, 1.54) is 21.6 Å². The van der Waals surface area contributed by atoms with E-state index in [4.69, 9.17) is 11.5 Å². The van der Waals surface area contributed by atoms with Crippen LogP contribution in [0.2, 0.25) is 0 Å². The van der Waals surface area contributed by atoms with Gasteiger partial charge in [0.05, 0.1) is 0 Å². The highest BCUT2D eigenvalue weighted by molar-refractivity contribution is 8.76. The molecule has 10 heteroatoms. The van der Waals surface area contributed by atoms with Crippen molar-refractivity contribution in [2.45, 2.75) is 51.6 Å². The molecule has 0 fully saturated rings. The second-order valence-corrected chi connectivity index (χ2v) is 7.67. The topological polar surface area (TPSA) is 144 Å². The third-order valence-corrected chi connectivity index (χ3v) is 5.29. The van der Waals surface area contributed by atoms with Gasteiger partial charge in [-0.2, -0.15) is 0 Å². The van der Waals surface area contributed by atoms with Crippen LogP contribution in [0.15, 0.2) is 0 Å². The van der Waals surface area contributed by atoms with Crippen molar-refractivity contribution in [3.05, 3.63) is 0 Å². The smallest absolute Gasteiger partial charge is 0.240 e. The molecule has 24 heavy (non-hydrogen) atoms. The number of amides is 4. The van der Waals surface area contributed by atoms with E-state index >= 15 is 0 Å². The van der Waals surface area contributed by atoms with Gasteiger partial charge in [-0.05, 0) is 12.8 Å². The van der Waals surface area contributed by atoms with Gasteiger partial charge in [0.15, 0.2) is 0 Å². The molecule has 0 rings (SSSR count). The molecular weight excluding hydrogens is 352 g/mol. The summed E-state index contributed by atoms with van der Waals surface area (Å²) in [5.41, 5.74) is 10.5. The summed E-state index contributed by atoms with van der Waals surface area (Å²) in [6.45, 7) is 3.72. The van der Waals surface area contributed by atoms with Crippen molar-refractivity contribution in [1.29, 1.82) is 0 Å². The second kappa shape index (κ2) is 12.9. The average Bonchev–Trinajstić information content (AvgIpc) is 2.49. The lowest BCUT2D eigenvalue weighted by Gasteiger charge is -2.17. The maximum Gasteiger partial charge on any atom is 0.240 e. The molecule has 0 aromatic carbocycles. The molecule has 6 N–H and O–H groups in total. The molecule has 0 aliphatic rings. The minimum absolute atomic E-state index is 0.228. The zero-order chi connectivity index (χ0) is 18.5. The predicted octanol–water partition coefficient (Wildman–Crippen LogP) is -0.0918. The van der Waals surface area contributed by atoms with E-state index in [2.05, 4.69) is 10.6 Å². The minimum Gasteiger partial charge on any atom is -0.368 e. The first-order valence-electron chi connectivity index (χ1n) is 7.73. The van der Waals surface area contributed by atoms with Gasteiger partial charge in [-0.1, -0.05) is 35.4 Å². The highest BCUT2D eigenvalue weighted by Gasteiger charge is 2.20. The van der Waals surface area contributed by atoms with Crippen molar-refractivity contribution in [1.82, 2.24) is 10.6 Å². The molecule has 0 bridgehead atoms. The monoisotopic (exact) mass is 378 g/mol. The fourth-order valence-electron chi connectivity index (χ4n) is 1.61. The van der Waals surface area contributed by atoms with E-state index in [0.29, 0.717) is 25.7 Å². The molecule has 0 aliphatic carbocycles. The number of carbonyl (C=O) groups is 4. The number of hydrogen-bond acceptors (Lipinski definition) is 6. The summed E-state index contributed by atoms with van der Waals surface area (Å²) in [6, 6.07) is -1.55. The Morgan fingerprint density at radius 3 is 1.38 bits per heavy atom. The predicted molar refractivity (Wildman–Crippen MR) is 97.0 cm³/mol. The van der Waals surface area contributed by atoms with Gasteiger partial charge in [-0.15, -0.1) is 0 Å². The van der Waals surface area contributed by atoms with Gasteiger partial charge in [0.1, 0.15) is 12.1 Å². The third-order valence-electron chi connectivity index (χ3n) is 2.86. The van der Waals surface area contributed by atoms with Crippen LogP contribution >= 0.6 is 21.6 Å². The number of rotatable bonds is 13. The van der Waals surface area contributed by atoms with E-state index in [1.807, 2.05) is 13.8 Å². The van der Waals surface area contributed by atoms with Crippen LogP contribution in [0.1, 0.15) is 39.5 Å². The van der Waals surface area contributed by atoms with Crippen molar-refractivity contribution < 1.29 is 19.2 Å². The van der Waals surface area contributed by atoms with Crippen LogP contribution in [0.3, 0.4) is 0 Å². The average molecular weight is 379 g/mol. The Morgan fingerprint density at radius 2 is 1.12 bits per heavy atom. The number of primary amides is 2. The number of nitrogens with one attached hydrogen (secondary N) is 2. The number of nitrogens with two attached hydrogens (primary N) is 2. The molecule has 0 aromatic rings. The van der Waals surface area contributed by atoms with E-state index in [1.54, 1.807) is 0 Å². The van der Waals surface area contributed by atoms with Crippen molar-refractivity contribution in [2.75, 3.05) is 11.5 Å². The maximum atomic E-state index is 11.5. The molecule has 0 aromatic heterocycles. The molecular formula is C14H26N4O4S2. The Balaban J connectivity index is 4.28. The Hall–Kier alpha value is -1.42. The fraction of sp³-hybridized carbons (Fsp3) is 0.714. The first-order valence-corrected chi connectivity index (χ1v) is 10.2. The van der Waals surface area contributed by atoms with Gasteiger partial charge >= 0.3 is 0 Å². The van der Waals surface area contributed by atoms with E-state index in [0.717, 1.165) is 0 Å². The van der Waals surface area contributed by atoms with Gasteiger partial charge < -0.3 is 22.1 Å². The van der Waals surface area contributed by atoms with Gasteiger partial charge in [-0.25, -0.2) is 0 Å². The van der Waals surface area contributed by atoms with Crippen LogP contribution in [0.5, 0.6) is 0 Å². The Morgan fingerprint density at radius 1 is 0.792 bits per heavy atom. The molecule has 0 radical (unpaired) electrons. The summed E-state index contributed by atoms with van der Waals surface area (Å²) < 4.78 is 0. The van der Waals surface area contributed by atoms with Gasteiger partial charge in [0, 0.05) is 24.3 Å². The molecule has 0 unspecified atom stereocenters. The normalized spacial score (nSPS) is 12.9. The van der Waals surface area contributed by atoms with Crippen LogP contribution in [0.25, 0.3) is 0 Å². The zero-order valence-electron chi connectivity index (χ0n) is 14.0. The van der Waals surface area contributed by atoms with Crippen molar-refractivity contribution in [3.8, 4) is 0 Å². The molecule has 138 valence electrons. The molecule has 0 heterocycles. The van der Waals surface area contributed by atoms with Crippen LogP contribution in [0, 0.1) is 0 Å². The first-order chi connectivity index (χ1) is 11.3. The summed E-state index contributed by atoms with van der Waals surface area (Å²) in [6.07, 6.45) is 2.01. The highest BCUT2D eigenvalue weighted by Crippen LogP contribution is 2.23. The minimum atomic E-state index is -0.775. The summed E-state index contributed by atoms with van der Waals surface area (Å²) in [5, 5.41) is 5.14. The maximum absolute atomic E-state index is 11.5. The van der Waals surface area contributed by atoms with E-state index in [9.17, 15) is 19.2 Å². The second-order valence-electron chi connectivity index (χ2n) is 5.11. The Labute approximate surface area is 150 Å². The molecule has 4 amide bonds. The van der Waals surface area contributed by atoms with Crippen molar-refractivity contribution in [3.63, 3.8) is 0 Å². The summed E-state index contributed by atoms with van der Waals surface area (Å²) in [7, 11) is 2.56. The lowest BCUT2D eigenvalue weighted by Crippen LogP contribution is -2.46. The van der Waals surface area contributed by atoms with Gasteiger partial charge in [0.2, 0.25) is 23.6 Å². The Kier molecular flexibility index (Phi) is 12.2. The van der Waals surface area contributed by atoms with E-state index < -0.39 is 23.9 Å². The molecule has 0 saturated carbocycles. The van der Waals surface area contributed by atoms with E-state index in [-0.39, 0.29) is 23.3 Å². The lowest BCUT2D eigenvalue weighted by atomic mass is 10.2. The largest absolute Gasteiger partial charge is 0.368 e. The fourth-order valence-corrected chi connectivity index (χ4v) is 3.96. The summed E-state index contributed by atoms with van der Waals surface area (Å²) in [4.78, 5) is 45.7. The standard InChI is InChI=1S/C14H26N4O4S2/c1-3-5-11(19)17-9(13(15)21)7-23-24-8-10(14(16)22)18-12(20)6-4-2/h9-10H,3-8H2,1-2H3,(H2,15,21)(H2,16,22)(H,17,19)(H,18,20)/t9-,10-/m0/s1. The van der Waals surface area contributed by atoms with Gasteiger partial charge in [-0.3, -0.25) is 19.2 Å². The van der Waals surface area contributed by atoms with Gasteiger partial charge in [0.25, 0.3) is 0 Å².